The second kappa shape index (κ2) is 5.64. The van der Waals surface area contributed by atoms with Gasteiger partial charge in [-0.15, -0.1) is 0 Å². The van der Waals surface area contributed by atoms with Gasteiger partial charge < -0.3 is 10.4 Å². The quantitative estimate of drug-likeness (QED) is 0.829. The fourth-order valence-corrected chi connectivity index (χ4v) is 2.11. The van der Waals surface area contributed by atoms with E-state index in [1.165, 1.54) is 17.5 Å². The first-order valence-corrected chi connectivity index (χ1v) is 6.62. The maximum atomic E-state index is 11.8. The van der Waals surface area contributed by atoms with Crippen molar-refractivity contribution in [1.82, 2.24) is 9.78 Å². The molecule has 1 fully saturated rings. The van der Waals surface area contributed by atoms with Crippen LogP contribution in [0.5, 0.6) is 0 Å². The molecule has 0 amide bonds. The van der Waals surface area contributed by atoms with Crippen LogP contribution in [0.15, 0.2) is 15.5 Å². The highest BCUT2D eigenvalue weighted by molar-refractivity contribution is 9.10. The molecule has 0 bridgehead atoms. The Morgan fingerprint density at radius 1 is 1.59 bits per heavy atom. The Morgan fingerprint density at radius 2 is 2.35 bits per heavy atom. The van der Waals surface area contributed by atoms with Crippen LogP contribution in [0.1, 0.15) is 19.3 Å². The molecule has 0 saturated heterocycles. The van der Waals surface area contributed by atoms with E-state index >= 15 is 0 Å². The number of hydrogen-bond acceptors (Lipinski definition) is 4. The van der Waals surface area contributed by atoms with Crippen LogP contribution < -0.4 is 10.9 Å². The van der Waals surface area contributed by atoms with Gasteiger partial charge in [0.25, 0.3) is 5.56 Å². The molecular formula is C11H16BrN3O2. The second-order valence-corrected chi connectivity index (χ2v) is 5.08. The van der Waals surface area contributed by atoms with E-state index in [0.29, 0.717) is 4.47 Å². The molecule has 0 aliphatic heterocycles. The van der Waals surface area contributed by atoms with Crippen LogP contribution in [0, 0.1) is 5.92 Å². The first-order chi connectivity index (χ1) is 8.22. The van der Waals surface area contributed by atoms with Crippen molar-refractivity contribution in [2.24, 2.45) is 5.92 Å². The van der Waals surface area contributed by atoms with Crippen molar-refractivity contribution in [1.29, 1.82) is 0 Å². The zero-order chi connectivity index (χ0) is 12.3. The van der Waals surface area contributed by atoms with Crippen LogP contribution in [-0.2, 0) is 6.54 Å². The van der Waals surface area contributed by atoms with Crippen molar-refractivity contribution in [3.63, 3.8) is 0 Å². The van der Waals surface area contributed by atoms with Crippen molar-refractivity contribution in [2.45, 2.75) is 25.8 Å². The van der Waals surface area contributed by atoms with E-state index in [1.54, 1.807) is 6.20 Å². The number of aliphatic hydroxyl groups excluding tert-OH is 1. The number of halogens is 1. The zero-order valence-electron chi connectivity index (χ0n) is 9.53. The van der Waals surface area contributed by atoms with Gasteiger partial charge in [-0.25, -0.2) is 4.68 Å². The van der Waals surface area contributed by atoms with E-state index in [-0.39, 0.29) is 18.7 Å². The Hall–Kier alpha value is -0.880. The average Bonchev–Trinajstić information content (AvgIpc) is 3.12. The molecule has 0 radical (unpaired) electrons. The molecule has 6 heteroatoms. The van der Waals surface area contributed by atoms with Crippen molar-refractivity contribution >= 4 is 21.6 Å². The molecule has 1 aromatic heterocycles. The van der Waals surface area contributed by atoms with Gasteiger partial charge in [-0.1, -0.05) is 12.8 Å². The molecule has 0 spiro atoms. The van der Waals surface area contributed by atoms with Crippen LogP contribution in [0.2, 0.25) is 0 Å². The third-order valence-corrected chi connectivity index (χ3v) is 3.63. The summed E-state index contributed by atoms with van der Waals surface area (Å²) >= 11 is 3.27. The van der Waals surface area contributed by atoms with Gasteiger partial charge in [0.1, 0.15) is 4.47 Å². The van der Waals surface area contributed by atoms with Gasteiger partial charge in [0, 0.05) is 6.54 Å². The topological polar surface area (TPSA) is 67.2 Å². The summed E-state index contributed by atoms with van der Waals surface area (Å²) in [6.45, 7) is 1.00. The predicted octanol–water partition coefficient (Wildman–Crippen LogP) is 1.21. The fraction of sp³-hybridized carbons (Fsp3) is 0.636. The van der Waals surface area contributed by atoms with Crippen LogP contribution in [-0.4, -0.2) is 28.0 Å². The van der Waals surface area contributed by atoms with E-state index in [9.17, 15) is 4.79 Å². The molecule has 94 valence electrons. The van der Waals surface area contributed by atoms with Crippen LogP contribution in [0.4, 0.5) is 5.69 Å². The maximum absolute atomic E-state index is 11.8. The van der Waals surface area contributed by atoms with Gasteiger partial charge in [-0.2, -0.15) is 5.10 Å². The van der Waals surface area contributed by atoms with Crippen LogP contribution in [0.3, 0.4) is 0 Å². The number of aliphatic hydroxyl groups is 1. The predicted molar refractivity (Wildman–Crippen MR) is 69.1 cm³/mol. The SMILES string of the molecule is O=c1c(Br)c(NCCC2CC2)cnn1CCO. The number of rotatable bonds is 6. The highest BCUT2D eigenvalue weighted by Crippen LogP contribution is 2.32. The van der Waals surface area contributed by atoms with Gasteiger partial charge in [-0.05, 0) is 28.3 Å². The molecule has 1 saturated carbocycles. The molecule has 0 aromatic carbocycles. The van der Waals surface area contributed by atoms with Gasteiger partial charge in [0.15, 0.2) is 0 Å². The second-order valence-electron chi connectivity index (χ2n) is 4.28. The monoisotopic (exact) mass is 301 g/mol. The summed E-state index contributed by atoms with van der Waals surface area (Å²) in [5.74, 6) is 0.865. The summed E-state index contributed by atoms with van der Waals surface area (Å²) in [6.07, 6.45) is 5.43. The number of anilines is 1. The van der Waals surface area contributed by atoms with Crippen LogP contribution >= 0.6 is 15.9 Å². The van der Waals surface area contributed by atoms with E-state index in [2.05, 4.69) is 26.3 Å². The minimum Gasteiger partial charge on any atom is -0.394 e. The highest BCUT2D eigenvalue weighted by Gasteiger charge is 2.20. The summed E-state index contributed by atoms with van der Waals surface area (Å²) in [6, 6.07) is 0. The zero-order valence-corrected chi connectivity index (χ0v) is 11.1. The van der Waals surface area contributed by atoms with E-state index in [0.717, 1.165) is 24.6 Å². The molecule has 1 heterocycles. The largest absolute Gasteiger partial charge is 0.394 e. The number of aromatic nitrogens is 2. The number of nitrogens with one attached hydrogen (secondary N) is 1. The third-order valence-electron chi connectivity index (χ3n) is 2.86. The average molecular weight is 302 g/mol. The minimum atomic E-state index is -0.213. The summed E-state index contributed by atoms with van der Waals surface area (Å²) in [7, 11) is 0. The summed E-state index contributed by atoms with van der Waals surface area (Å²) in [5, 5.41) is 16.0. The van der Waals surface area contributed by atoms with Gasteiger partial charge in [0.2, 0.25) is 0 Å². The molecule has 0 atom stereocenters. The normalized spacial score (nSPS) is 14.9. The van der Waals surface area contributed by atoms with E-state index in [4.69, 9.17) is 5.11 Å². The smallest absolute Gasteiger partial charge is 0.283 e. The molecule has 17 heavy (non-hydrogen) atoms. The third kappa shape index (κ3) is 3.29. The van der Waals surface area contributed by atoms with Crippen LogP contribution in [0.25, 0.3) is 0 Å². The lowest BCUT2D eigenvalue weighted by molar-refractivity contribution is 0.266. The molecule has 1 aromatic rings. The molecule has 1 aliphatic rings. The Kier molecular flexibility index (Phi) is 4.17. The molecule has 2 rings (SSSR count). The lowest BCUT2D eigenvalue weighted by Gasteiger charge is -2.09. The summed E-state index contributed by atoms with van der Waals surface area (Å²) < 4.78 is 1.73. The number of hydrogen-bond donors (Lipinski definition) is 2. The lowest BCUT2D eigenvalue weighted by Crippen LogP contribution is -2.26. The van der Waals surface area contributed by atoms with Crippen molar-refractivity contribution in [2.75, 3.05) is 18.5 Å². The Bertz CT molecular complexity index is 443. The fourth-order valence-electron chi connectivity index (χ4n) is 1.66. The van der Waals surface area contributed by atoms with Crippen molar-refractivity contribution in [3.05, 3.63) is 21.0 Å². The number of nitrogens with zero attached hydrogens (tertiary/aromatic N) is 2. The molecule has 2 N–H and O–H groups in total. The molecule has 5 nitrogen and oxygen atoms in total. The molecular weight excluding hydrogens is 286 g/mol. The lowest BCUT2D eigenvalue weighted by atomic mass is 10.3. The first-order valence-electron chi connectivity index (χ1n) is 5.82. The molecule has 1 aliphatic carbocycles. The van der Waals surface area contributed by atoms with E-state index < -0.39 is 0 Å². The Labute approximate surface area is 108 Å². The van der Waals surface area contributed by atoms with E-state index in [1.807, 2.05) is 0 Å². The minimum absolute atomic E-state index is 0.0895. The maximum Gasteiger partial charge on any atom is 0.283 e. The standard InChI is InChI=1S/C11H16BrN3O2/c12-10-9(13-4-3-8-1-2-8)7-14-15(5-6-16)11(10)17/h7-8,13,16H,1-6H2. The van der Waals surface area contributed by atoms with Crippen molar-refractivity contribution < 1.29 is 5.11 Å². The Morgan fingerprint density at radius 3 is 3.00 bits per heavy atom. The highest BCUT2D eigenvalue weighted by atomic mass is 79.9. The summed E-state index contributed by atoms with van der Waals surface area (Å²) in [4.78, 5) is 11.8. The van der Waals surface area contributed by atoms with Gasteiger partial charge in [-0.3, -0.25) is 4.79 Å². The Balaban J connectivity index is 2.01. The molecule has 0 unspecified atom stereocenters. The summed E-state index contributed by atoms with van der Waals surface area (Å²) in [5.41, 5.74) is 0.514. The van der Waals surface area contributed by atoms with Crippen molar-refractivity contribution in [3.8, 4) is 0 Å². The van der Waals surface area contributed by atoms with Gasteiger partial charge in [0.05, 0.1) is 25.0 Å². The van der Waals surface area contributed by atoms with Gasteiger partial charge >= 0.3 is 0 Å². The first kappa shape index (κ1) is 12.6.